The van der Waals surface area contributed by atoms with E-state index in [-0.39, 0.29) is 11.7 Å². The zero-order valence-electron chi connectivity index (χ0n) is 14.6. The molecule has 0 unspecified atom stereocenters. The van der Waals surface area contributed by atoms with Crippen molar-refractivity contribution in [3.05, 3.63) is 35.6 Å². The smallest absolute Gasteiger partial charge is 0.224 e. The first-order valence-corrected chi connectivity index (χ1v) is 8.62. The fraction of sp³-hybridized carbons (Fsp3) is 0.556. The Morgan fingerprint density at radius 1 is 1.38 bits per heavy atom. The van der Waals surface area contributed by atoms with Crippen LogP contribution in [0.15, 0.2) is 29.3 Å². The van der Waals surface area contributed by atoms with Gasteiger partial charge in [0.2, 0.25) is 5.91 Å². The van der Waals surface area contributed by atoms with Crippen LogP contribution >= 0.6 is 0 Å². The average molecular weight is 334 g/mol. The number of halogens is 1. The predicted octanol–water partition coefficient (Wildman–Crippen LogP) is 2.24. The molecule has 1 aliphatic rings. The lowest BCUT2D eigenvalue weighted by Gasteiger charge is -2.22. The van der Waals surface area contributed by atoms with Crippen LogP contribution in [0.5, 0.6) is 0 Å². The Hall–Kier alpha value is -2.11. The van der Waals surface area contributed by atoms with Crippen LogP contribution in [0.4, 0.5) is 4.39 Å². The van der Waals surface area contributed by atoms with E-state index in [9.17, 15) is 9.18 Å². The summed E-state index contributed by atoms with van der Waals surface area (Å²) in [7, 11) is 1.91. The molecule has 1 aromatic carbocycles. The standard InChI is InChI=1S/C18H27FN4O/c1-3-20-18(21-10-9-17(24)23-11-4-5-12-23)22(2)14-15-7-6-8-16(19)13-15/h6-8,13H,3-5,9-12,14H2,1-2H3,(H,20,21). The molecule has 1 aromatic rings. The topological polar surface area (TPSA) is 47.9 Å². The predicted molar refractivity (Wildman–Crippen MR) is 94.3 cm³/mol. The van der Waals surface area contributed by atoms with Gasteiger partial charge in [-0.25, -0.2) is 4.39 Å². The molecule has 5 nitrogen and oxygen atoms in total. The second-order valence-corrected chi connectivity index (χ2v) is 6.06. The van der Waals surface area contributed by atoms with E-state index in [4.69, 9.17) is 0 Å². The van der Waals surface area contributed by atoms with E-state index >= 15 is 0 Å². The van der Waals surface area contributed by atoms with Gasteiger partial charge in [-0.15, -0.1) is 0 Å². The van der Waals surface area contributed by atoms with Crippen LogP contribution in [0, 0.1) is 5.82 Å². The Kier molecular flexibility index (Phi) is 7.03. The molecule has 1 heterocycles. The Morgan fingerprint density at radius 3 is 2.79 bits per heavy atom. The van der Waals surface area contributed by atoms with E-state index in [2.05, 4.69) is 10.3 Å². The lowest BCUT2D eigenvalue weighted by atomic mass is 10.2. The van der Waals surface area contributed by atoms with E-state index in [1.54, 1.807) is 6.07 Å². The highest BCUT2D eigenvalue weighted by atomic mass is 19.1. The molecule has 1 amide bonds. The van der Waals surface area contributed by atoms with Crippen LogP contribution in [0.1, 0.15) is 31.7 Å². The van der Waals surface area contributed by atoms with Crippen molar-refractivity contribution in [1.82, 2.24) is 15.1 Å². The summed E-state index contributed by atoms with van der Waals surface area (Å²) in [5.74, 6) is 0.676. The van der Waals surface area contributed by atoms with Crippen LogP contribution in [-0.4, -0.2) is 54.9 Å². The first-order valence-electron chi connectivity index (χ1n) is 8.62. The third kappa shape index (κ3) is 5.51. The Labute approximate surface area is 143 Å². The number of carbonyl (C=O) groups excluding carboxylic acids is 1. The molecule has 0 atom stereocenters. The van der Waals surface area contributed by atoms with Crippen molar-refractivity contribution in [2.45, 2.75) is 32.7 Å². The van der Waals surface area contributed by atoms with Gasteiger partial charge in [0.25, 0.3) is 0 Å². The average Bonchev–Trinajstić information content (AvgIpc) is 3.08. The molecule has 1 N–H and O–H groups in total. The zero-order chi connectivity index (χ0) is 17.4. The van der Waals surface area contributed by atoms with Crippen LogP contribution in [0.25, 0.3) is 0 Å². The number of nitrogens with one attached hydrogen (secondary N) is 1. The number of amides is 1. The van der Waals surface area contributed by atoms with Crippen molar-refractivity contribution in [3.63, 3.8) is 0 Å². The number of likely N-dealkylation sites (tertiary alicyclic amines) is 1. The second-order valence-electron chi connectivity index (χ2n) is 6.06. The second kappa shape index (κ2) is 9.25. The SMILES string of the molecule is CCNC(=NCCC(=O)N1CCCC1)N(C)Cc1cccc(F)c1. The molecule has 1 aliphatic heterocycles. The Balaban J connectivity index is 1.90. The summed E-state index contributed by atoms with van der Waals surface area (Å²) in [6.45, 7) is 5.52. The number of hydrogen-bond donors (Lipinski definition) is 1. The highest BCUT2D eigenvalue weighted by molar-refractivity contribution is 5.80. The summed E-state index contributed by atoms with van der Waals surface area (Å²) < 4.78 is 13.3. The minimum atomic E-state index is -0.237. The van der Waals surface area contributed by atoms with Crippen molar-refractivity contribution in [2.24, 2.45) is 4.99 Å². The third-order valence-electron chi connectivity index (χ3n) is 4.05. The largest absolute Gasteiger partial charge is 0.357 e. The maximum atomic E-state index is 13.3. The summed E-state index contributed by atoms with van der Waals surface area (Å²) in [4.78, 5) is 20.5. The van der Waals surface area contributed by atoms with Gasteiger partial charge in [0, 0.05) is 39.6 Å². The maximum Gasteiger partial charge on any atom is 0.224 e. The molecular weight excluding hydrogens is 307 g/mol. The van der Waals surface area contributed by atoms with Crippen molar-refractivity contribution in [2.75, 3.05) is 33.2 Å². The first-order chi connectivity index (χ1) is 11.6. The highest BCUT2D eigenvalue weighted by Crippen LogP contribution is 2.09. The van der Waals surface area contributed by atoms with Crippen molar-refractivity contribution >= 4 is 11.9 Å². The van der Waals surface area contributed by atoms with Crippen molar-refractivity contribution in [1.29, 1.82) is 0 Å². The fourth-order valence-electron chi connectivity index (χ4n) is 2.84. The first kappa shape index (κ1) is 18.2. The van der Waals surface area contributed by atoms with Crippen molar-refractivity contribution in [3.8, 4) is 0 Å². The van der Waals surface area contributed by atoms with E-state index < -0.39 is 0 Å². The number of guanidine groups is 1. The molecule has 0 aliphatic carbocycles. The molecule has 6 heteroatoms. The van der Waals surface area contributed by atoms with Gasteiger partial charge in [-0.05, 0) is 37.5 Å². The van der Waals surface area contributed by atoms with Crippen LogP contribution in [0.2, 0.25) is 0 Å². The van der Waals surface area contributed by atoms with E-state index in [0.717, 1.165) is 44.0 Å². The molecule has 0 aromatic heterocycles. The molecule has 0 bridgehead atoms. The van der Waals surface area contributed by atoms with Gasteiger partial charge >= 0.3 is 0 Å². The summed E-state index contributed by atoms with van der Waals surface area (Å²) in [5.41, 5.74) is 0.885. The minimum Gasteiger partial charge on any atom is -0.357 e. The monoisotopic (exact) mass is 334 g/mol. The number of rotatable bonds is 6. The Bertz CT molecular complexity index is 570. The van der Waals surface area contributed by atoms with Crippen LogP contribution in [0.3, 0.4) is 0 Å². The summed E-state index contributed by atoms with van der Waals surface area (Å²) in [5, 5.41) is 3.22. The zero-order valence-corrected chi connectivity index (χ0v) is 14.6. The molecule has 24 heavy (non-hydrogen) atoms. The summed E-state index contributed by atoms with van der Waals surface area (Å²) in [6, 6.07) is 6.56. The quantitative estimate of drug-likeness (QED) is 0.641. The van der Waals surface area contributed by atoms with E-state index in [0.29, 0.717) is 19.5 Å². The van der Waals surface area contributed by atoms with Gasteiger partial charge in [0.1, 0.15) is 5.82 Å². The number of aliphatic imine (C=N–C) groups is 1. The molecule has 0 saturated carbocycles. The van der Waals surface area contributed by atoms with Gasteiger partial charge in [0.15, 0.2) is 5.96 Å². The maximum absolute atomic E-state index is 13.3. The molecular formula is C18H27FN4O. The highest BCUT2D eigenvalue weighted by Gasteiger charge is 2.17. The van der Waals surface area contributed by atoms with Crippen LogP contribution in [-0.2, 0) is 11.3 Å². The number of benzene rings is 1. The molecule has 0 radical (unpaired) electrons. The molecule has 2 rings (SSSR count). The van der Waals surface area contributed by atoms with E-state index in [1.807, 2.05) is 29.8 Å². The molecule has 132 valence electrons. The van der Waals surface area contributed by atoms with Gasteiger partial charge in [-0.3, -0.25) is 9.79 Å². The number of nitrogens with zero attached hydrogens (tertiary/aromatic N) is 3. The lowest BCUT2D eigenvalue weighted by molar-refractivity contribution is -0.129. The Morgan fingerprint density at radius 2 is 2.12 bits per heavy atom. The van der Waals surface area contributed by atoms with Crippen molar-refractivity contribution < 1.29 is 9.18 Å². The molecule has 1 fully saturated rings. The fourth-order valence-corrected chi connectivity index (χ4v) is 2.84. The normalized spacial score (nSPS) is 14.8. The number of hydrogen-bond acceptors (Lipinski definition) is 2. The lowest BCUT2D eigenvalue weighted by Crippen LogP contribution is -2.38. The summed E-state index contributed by atoms with van der Waals surface area (Å²) in [6.07, 6.45) is 2.64. The van der Waals surface area contributed by atoms with Crippen LogP contribution < -0.4 is 5.32 Å². The summed E-state index contributed by atoms with van der Waals surface area (Å²) >= 11 is 0. The van der Waals surface area contributed by atoms with Gasteiger partial charge in [-0.2, -0.15) is 0 Å². The van der Waals surface area contributed by atoms with E-state index in [1.165, 1.54) is 12.1 Å². The molecule has 1 saturated heterocycles. The van der Waals surface area contributed by atoms with Gasteiger partial charge in [-0.1, -0.05) is 12.1 Å². The third-order valence-corrected chi connectivity index (χ3v) is 4.05. The number of carbonyl (C=O) groups is 1. The minimum absolute atomic E-state index is 0.180. The molecule has 0 spiro atoms. The van der Waals surface area contributed by atoms with Gasteiger partial charge < -0.3 is 15.1 Å². The van der Waals surface area contributed by atoms with Gasteiger partial charge in [0.05, 0.1) is 6.54 Å².